The molecule has 0 atom stereocenters. The molecule has 3 aromatic heterocycles. The van der Waals surface area contributed by atoms with Crippen LogP contribution in [0.5, 0.6) is 0 Å². The van der Waals surface area contributed by atoms with E-state index in [1.54, 1.807) is 13.1 Å². The molecule has 7 nitrogen and oxygen atoms in total. The topological polar surface area (TPSA) is 66.2 Å². The molecule has 24 heavy (non-hydrogen) atoms. The Morgan fingerprint density at radius 2 is 1.88 bits per heavy atom. The fourth-order valence-corrected chi connectivity index (χ4v) is 3.21. The standard InChI is InChI=1S/C16H20ClN5O2/c1-5-6-8-21-14(23)12-13(19(4)16(21)24)18-15-20(9-7-17)10(2)11(3)22(12)15/h5-6H,7-9H2,1-4H3/b6-5+. The molecule has 128 valence electrons. The molecule has 8 heteroatoms. The molecule has 3 aromatic rings. The van der Waals surface area contributed by atoms with Gasteiger partial charge in [0.2, 0.25) is 5.78 Å². The van der Waals surface area contributed by atoms with Crippen LogP contribution in [0.1, 0.15) is 18.3 Å². The first-order valence-electron chi connectivity index (χ1n) is 7.78. The van der Waals surface area contributed by atoms with Crippen molar-refractivity contribution in [2.45, 2.75) is 33.9 Å². The summed E-state index contributed by atoms with van der Waals surface area (Å²) in [5, 5.41) is 0. The smallest absolute Gasteiger partial charge is 0.313 e. The number of aryl methyl sites for hydroxylation is 3. The molecule has 0 radical (unpaired) electrons. The highest BCUT2D eigenvalue weighted by atomic mass is 35.5. The molecule has 0 saturated heterocycles. The van der Waals surface area contributed by atoms with Gasteiger partial charge < -0.3 is 4.57 Å². The van der Waals surface area contributed by atoms with Crippen LogP contribution >= 0.6 is 11.6 Å². The fourth-order valence-electron chi connectivity index (χ4n) is 3.04. The van der Waals surface area contributed by atoms with Crippen LogP contribution in [0.2, 0.25) is 0 Å². The summed E-state index contributed by atoms with van der Waals surface area (Å²) < 4.78 is 6.45. The number of allylic oxidation sites excluding steroid dienone is 2. The summed E-state index contributed by atoms with van der Waals surface area (Å²) in [5.74, 6) is 1.08. The van der Waals surface area contributed by atoms with Crippen LogP contribution in [0.25, 0.3) is 16.9 Å². The Balaban J connectivity index is 2.51. The van der Waals surface area contributed by atoms with Crippen LogP contribution in [0, 0.1) is 13.8 Å². The summed E-state index contributed by atoms with van der Waals surface area (Å²) in [6, 6.07) is 0. The maximum absolute atomic E-state index is 12.9. The van der Waals surface area contributed by atoms with Crippen molar-refractivity contribution in [2.75, 3.05) is 5.88 Å². The molecular weight excluding hydrogens is 330 g/mol. The van der Waals surface area contributed by atoms with E-state index in [9.17, 15) is 9.59 Å². The van der Waals surface area contributed by atoms with Crippen LogP contribution in [0.4, 0.5) is 0 Å². The molecule has 0 spiro atoms. The van der Waals surface area contributed by atoms with Gasteiger partial charge in [0.25, 0.3) is 5.56 Å². The Morgan fingerprint density at radius 3 is 2.50 bits per heavy atom. The quantitative estimate of drug-likeness (QED) is 0.530. The Bertz CT molecular complexity index is 1080. The first kappa shape index (κ1) is 16.6. The minimum atomic E-state index is -0.371. The van der Waals surface area contributed by atoms with Gasteiger partial charge in [-0.1, -0.05) is 12.2 Å². The summed E-state index contributed by atoms with van der Waals surface area (Å²) in [7, 11) is 1.64. The fraction of sp³-hybridized carbons (Fsp3) is 0.438. The van der Waals surface area contributed by atoms with Crippen molar-refractivity contribution in [3.05, 3.63) is 44.4 Å². The van der Waals surface area contributed by atoms with Gasteiger partial charge in [-0.15, -0.1) is 11.6 Å². The van der Waals surface area contributed by atoms with E-state index in [1.807, 2.05) is 35.8 Å². The molecule has 3 heterocycles. The largest absolute Gasteiger partial charge is 0.332 e. The molecule has 0 saturated carbocycles. The van der Waals surface area contributed by atoms with Crippen molar-refractivity contribution in [1.82, 2.24) is 23.1 Å². The maximum atomic E-state index is 12.9. The zero-order valence-corrected chi connectivity index (χ0v) is 15.0. The zero-order chi connectivity index (χ0) is 17.6. The third kappa shape index (κ3) is 2.15. The lowest BCUT2D eigenvalue weighted by molar-refractivity contribution is 0.666. The van der Waals surface area contributed by atoms with E-state index in [-0.39, 0.29) is 17.8 Å². The number of nitrogens with zero attached hydrogens (tertiary/aromatic N) is 5. The predicted molar refractivity (Wildman–Crippen MR) is 95.2 cm³/mol. The molecule has 0 aliphatic carbocycles. The van der Waals surface area contributed by atoms with E-state index in [0.717, 1.165) is 11.4 Å². The minimum absolute atomic E-state index is 0.242. The Hall–Kier alpha value is -2.28. The molecule has 0 unspecified atom stereocenters. The van der Waals surface area contributed by atoms with Crippen LogP contribution < -0.4 is 11.2 Å². The number of fused-ring (bicyclic) bond motifs is 3. The number of imidazole rings is 2. The molecular formula is C16H20ClN5O2. The zero-order valence-electron chi connectivity index (χ0n) is 14.2. The van der Waals surface area contributed by atoms with Crippen molar-refractivity contribution in [3.8, 4) is 0 Å². The monoisotopic (exact) mass is 349 g/mol. The van der Waals surface area contributed by atoms with Gasteiger partial charge in [0, 0.05) is 37.4 Å². The van der Waals surface area contributed by atoms with Gasteiger partial charge in [-0.25, -0.2) is 4.79 Å². The van der Waals surface area contributed by atoms with Gasteiger partial charge in [-0.05, 0) is 20.8 Å². The Kier molecular flexibility index (Phi) is 4.13. The summed E-state index contributed by atoms with van der Waals surface area (Å²) >= 11 is 5.90. The van der Waals surface area contributed by atoms with E-state index in [4.69, 9.17) is 11.6 Å². The summed E-state index contributed by atoms with van der Waals surface area (Å²) in [6.45, 7) is 6.60. The van der Waals surface area contributed by atoms with Gasteiger partial charge in [-0.3, -0.25) is 18.3 Å². The SMILES string of the molecule is C/C=C/Cn1c(=O)c2c(nc3n(CCCl)c(C)c(C)n23)n(C)c1=O. The highest BCUT2D eigenvalue weighted by molar-refractivity contribution is 6.17. The average Bonchev–Trinajstić information content (AvgIpc) is 3.05. The first-order valence-corrected chi connectivity index (χ1v) is 8.32. The number of aromatic nitrogens is 5. The Morgan fingerprint density at radius 1 is 1.17 bits per heavy atom. The third-order valence-electron chi connectivity index (χ3n) is 4.46. The number of alkyl halides is 1. The van der Waals surface area contributed by atoms with Crippen molar-refractivity contribution in [2.24, 2.45) is 7.05 Å². The van der Waals surface area contributed by atoms with Gasteiger partial charge >= 0.3 is 5.69 Å². The van der Waals surface area contributed by atoms with Crippen LogP contribution in [0.15, 0.2) is 21.7 Å². The lowest BCUT2D eigenvalue weighted by atomic mass is 10.3. The maximum Gasteiger partial charge on any atom is 0.332 e. The van der Waals surface area contributed by atoms with Gasteiger partial charge in [0.05, 0.1) is 0 Å². The summed E-state index contributed by atoms with van der Waals surface area (Å²) in [4.78, 5) is 30.0. The number of halogens is 1. The van der Waals surface area contributed by atoms with Gasteiger partial charge in [0.1, 0.15) is 0 Å². The van der Waals surface area contributed by atoms with E-state index < -0.39 is 0 Å². The molecule has 0 N–H and O–H groups in total. The van der Waals surface area contributed by atoms with Crippen molar-refractivity contribution in [1.29, 1.82) is 0 Å². The van der Waals surface area contributed by atoms with Gasteiger partial charge in [-0.2, -0.15) is 4.98 Å². The molecule has 0 fully saturated rings. The molecule has 0 aliphatic heterocycles. The average molecular weight is 350 g/mol. The molecule has 0 aromatic carbocycles. The van der Waals surface area contributed by atoms with Crippen LogP contribution in [-0.2, 0) is 20.1 Å². The molecule has 3 rings (SSSR count). The van der Waals surface area contributed by atoms with Crippen molar-refractivity contribution in [3.63, 3.8) is 0 Å². The second-order valence-electron chi connectivity index (χ2n) is 5.76. The summed E-state index contributed by atoms with van der Waals surface area (Å²) in [6.07, 6.45) is 3.60. The number of hydrogen-bond donors (Lipinski definition) is 0. The molecule has 0 aliphatic rings. The lowest BCUT2D eigenvalue weighted by Gasteiger charge is -2.06. The number of hydrogen-bond acceptors (Lipinski definition) is 3. The number of rotatable bonds is 4. The summed E-state index contributed by atoms with van der Waals surface area (Å²) in [5.41, 5.74) is 2.04. The second-order valence-corrected chi connectivity index (χ2v) is 6.14. The predicted octanol–water partition coefficient (Wildman–Crippen LogP) is 1.58. The van der Waals surface area contributed by atoms with Crippen molar-refractivity contribution >= 4 is 28.5 Å². The normalized spacial score (nSPS) is 12.2. The van der Waals surface area contributed by atoms with E-state index in [1.165, 1.54) is 9.13 Å². The van der Waals surface area contributed by atoms with E-state index >= 15 is 0 Å². The Labute approximate surface area is 143 Å². The molecule has 0 bridgehead atoms. The highest BCUT2D eigenvalue weighted by Gasteiger charge is 2.21. The van der Waals surface area contributed by atoms with E-state index in [0.29, 0.717) is 29.4 Å². The lowest BCUT2D eigenvalue weighted by Crippen LogP contribution is -2.39. The van der Waals surface area contributed by atoms with Crippen molar-refractivity contribution < 1.29 is 0 Å². The second kappa shape index (κ2) is 5.98. The third-order valence-corrected chi connectivity index (χ3v) is 4.63. The van der Waals surface area contributed by atoms with Crippen LogP contribution in [-0.4, -0.2) is 29.0 Å². The minimum Gasteiger partial charge on any atom is -0.313 e. The van der Waals surface area contributed by atoms with Crippen LogP contribution in [0.3, 0.4) is 0 Å². The van der Waals surface area contributed by atoms with E-state index in [2.05, 4.69) is 4.98 Å². The molecule has 0 amide bonds. The highest BCUT2D eigenvalue weighted by Crippen LogP contribution is 2.20. The van der Waals surface area contributed by atoms with Gasteiger partial charge in [0.15, 0.2) is 11.2 Å². The first-order chi connectivity index (χ1) is 11.4.